The Balaban J connectivity index is 2.81. The van der Waals surface area contributed by atoms with Crippen LogP contribution in [0.1, 0.15) is 10.4 Å². The normalized spacial score (nSPS) is 10.6. The average molecular weight is 234 g/mol. The minimum absolute atomic E-state index is 0.00856. The van der Waals surface area contributed by atoms with Crippen molar-refractivity contribution in [2.45, 2.75) is 4.90 Å². The predicted octanol–water partition coefficient (Wildman–Crippen LogP) is 1.35. The van der Waals surface area contributed by atoms with Gasteiger partial charge in [-0.05, 0) is 24.5 Å². The fraction of sp³-hybridized carbons (Fsp3) is 0.0909. The Morgan fingerprint density at radius 3 is 2.81 bits per heavy atom. The maximum absolute atomic E-state index is 11.9. The second kappa shape index (κ2) is 4.02. The lowest BCUT2D eigenvalue weighted by Crippen LogP contribution is -2.22. The minimum Gasteiger partial charge on any atom is -0.365 e. The zero-order valence-electron chi connectivity index (χ0n) is 8.61. The van der Waals surface area contributed by atoms with Crippen LogP contribution >= 0.6 is 11.8 Å². The number of primary amides is 1. The van der Waals surface area contributed by atoms with Crippen molar-refractivity contribution >= 4 is 28.6 Å². The number of nitrogens with one attached hydrogen (secondary N) is 1. The van der Waals surface area contributed by atoms with Crippen LogP contribution in [0.3, 0.4) is 0 Å². The van der Waals surface area contributed by atoms with Gasteiger partial charge in [0.05, 0.1) is 0 Å². The van der Waals surface area contributed by atoms with Crippen molar-refractivity contribution in [3.63, 3.8) is 0 Å². The van der Waals surface area contributed by atoms with Gasteiger partial charge in [-0.3, -0.25) is 9.59 Å². The fourth-order valence-corrected chi connectivity index (χ4v) is 1.95. The second-order valence-electron chi connectivity index (χ2n) is 3.31. The number of fused-ring (bicyclic) bond motifs is 1. The summed E-state index contributed by atoms with van der Waals surface area (Å²) >= 11 is 1.54. The van der Waals surface area contributed by atoms with E-state index in [0.717, 1.165) is 4.90 Å². The molecule has 0 atom stereocenters. The largest absolute Gasteiger partial charge is 0.365 e. The number of nitrogens with two attached hydrogens (primary N) is 1. The minimum atomic E-state index is -0.710. The third-order valence-electron chi connectivity index (χ3n) is 2.35. The number of pyridine rings is 1. The molecule has 1 amide bonds. The molecular formula is C11H10N2O2S. The summed E-state index contributed by atoms with van der Waals surface area (Å²) in [6, 6.07) is 5.48. The molecule has 0 saturated carbocycles. The SMILES string of the molecule is CSc1ccc2[nH]cc(C(N)=O)c(=O)c2c1. The molecule has 4 nitrogen and oxygen atoms in total. The monoisotopic (exact) mass is 234 g/mol. The molecule has 1 aromatic heterocycles. The molecule has 5 heteroatoms. The van der Waals surface area contributed by atoms with Crippen molar-refractivity contribution in [3.8, 4) is 0 Å². The van der Waals surface area contributed by atoms with E-state index in [-0.39, 0.29) is 11.0 Å². The van der Waals surface area contributed by atoms with Crippen molar-refractivity contribution in [1.29, 1.82) is 0 Å². The highest BCUT2D eigenvalue weighted by atomic mass is 32.2. The van der Waals surface area contributed by atoms with Crippen LogP contribution in [-0.4, -0.2) is 17.1 Å². The van der Waals surface area contributed by atoms with Crippen LogP contribution < -0.4 is 11.2 Å². The van der Waals surface area contributed by atoms with E-state index >= 15 is 0 Å². The lowest BCUT2D eigenvalue weighted by Gasteiger charge is -2.02. The molecule has 0 saturated heterocycles. The Bertz CT molecular complexity index is 619. The molecule has 0 aliphatic rings. The van der Waals surface area contributed by atoms with Crippen molar-refractivity contribution in [2.75, 3.05) is 6.26 Å². The second-order valence-corrected chi connectivity index (χ2v) is 4.19. The molecule has 3 N–H and O–H groups in total. The molecular weight excluding hydrogens is 224 g/mol. The number of hydrogen-bond donors (Lipinski definition) is 2. The maximum atomic E-state index is 11.9. The van der Waals surface area contributed by atoms with E-state index < -0.39 is 5.91 Å². The summed E-state index contributed by atoms with van der Waals surface area (Å²) < 4.78 is 0. The van der Waals surface area contributed by atoms with Gasteiger partial charge in [-0.25, -0.2) is 0 Å². The van der Waals surface area contributed by atoms with Crippen LogP contribution in [-0.2, 0) is 0 Å². The number of amides is 1. The van der Waals surface area contributed by atoms with Gasteiger partial charge in [0, 0.05) is 22.0 Å². The van der Waals surface area contributed by atoms with Gasteiger partial charge in [0.25, 0.3) is 5.91 Å². The number of aromatic amines is 1. The molecule has 0 aliphatic carbocycles. The summed E-state index contributed by atoms with van der Waals surface area (Å²) in [4.78, 5) is 26.8. The highest BCUT2D eigenvalue weighted by molar-refractivity contribution is 7.98. The molecule has 2 aromatic rings. The molecule has 0 fully saturated rings. The van der Waals surface area contributed by atoms with E-state index in [1.165, 1.54) is 18.0 Å². The molecule has 1 aromatic carbocycles. The first-order valence-electron chi connectivity index (χ1n) is 4.62. The Kier molecular flexibility index (Phi) is 2.70. The van der Waals surface area contributed by atoms with Gasteiger partial charge in [0.1, 0.15) is 5.56 Å². The van der Waals surface area contributed by atoms with Gasteiger partial charge in [-0.1, -0.05) is 0 Å². The first kappa shape index (κ1) is 10.8. The van der Waals surface area contributed by atoms with Gasteiger partial charge in [0.2, 0.25) is 5.43 Å². The third kappa shape index (κ3) is 1.69. The topological polar surface area (TPSA) is 76.0 Å². The quantitative estimate of drug-likeness (QED) is 0.770. The first-order chi connectivity index (χ1) is 7.63. The number of rotatable bonds is 2. The zero-order valence-corrected chi connectivity index (χ0v) is 9.43. The van der Waals surface area contributed by atoms with E-state index in [2.05, 4.69) is 4.98 Å². The summed E-state index contributed by atoms with van der Waals surface area (Å²) in [5.74, 6) is -0.710. The Hall–Kier alpha value is -1.75. The first-order valence-corrected chi connectivity index (χ1v) is 5.85. The molecule has 0 aliphatic heterocycles. The van der Waals surface area contributed by atoms with Crippen LogP contribution in [0.2, 0.25) is 0 Å². The van der Waals surface area contributed by atoms with Crippen molar-refractivity contribution in [2.24, 2.45) is 5.73 Å². The number of hydrogen-bond acceptors (Lipinski definition) is 3. The lowest BCUT2D eigenvalue weighted by atomic mass is 10.1. The van der Waals surface area contributed by atoms with E-state index in [9.17, 15) is 9.59 Å². The van der Waals surface area contributed by atoms with Crippen molar-refractivity contribution in [1.82, 2.24) is 4.98 Å². The van der Waals surface area contributed by atoms with Crippen molar-refractivity contribution in [3.05, 3.63) is 40.2 Å². The molecule has 2 rings (SSSR count). The number of carbonyl (C=O) groups excluding carboxylic acids is 1. The molecule has 16 heavy (non-hydrogen) atoms. The molecule has 0 unspecified atom stereocenters. The third-order valence-corrected chi connectivity index (χ3v) is 3.08. The standard InChI is InChI=1S/C11H10N2O2S/c1-16-6-2-3-9-7(4-6)10(14)8(5-13-9)11(12)15/h2-5H,1H3,(H2,12,15)(H,13,14). The van der Waals surface area contributed by atoms with Crippen molar-refractivity contribution < 1.29 is 4.79 Å². The molecule has 0 bridgehead atoms. The zero-order chi connectivity index (χ0) is 11.7. The smallest absolute Gasteiger partial charge is 0.254 e. The van der Waals surface area contributed by atoms with Crippen LogP contribution in [0.15, 0.2) is 34.1 Å². The van der Waals surface area contributed by atoms with E-state index in [0.29, 0.717) is 10.9 Å². The summed E-state index contributed by atoms with van der Waals surface area (Å²) in [6.45, 7) is 0. The van der Waals surface area contributed by atoms with Crippen LogP contribution in [0, 0.1) is 0 Å². The molecule has 0 radical (unpaired) electrons. The maximum Gasteiger partial charge on any atom is 0.254 e. The summed E-state index contributed by atoms with van der Waals surface area (Å²) in [7, 11) is 0. The van der Waals surface area contributed by atoms with E-state index in [1.807, 2.05) is 18.4 Å². The number of carbonyl (C=O) groups is 1. The predicted molar refractivity (Wildman–Crippen MR) is 64.9 cm³/mol. The van der Waals surface area contributed by atoms with Gasteiger partial charge >= 0.3 is 0 Å². The van der Waals surface area contributed by atoms with E-state index in [4.69, 9.17) is 5.73 Å². The average Bonchev–Trinajstić information content (AvgIpc) is 2.28. The Morgan fingerprint density at radius 2 is 2.19 bits per heavy atom. The summed E-state index contributed by atoms with van der Waals surface area (Å²) in [6.07, 6.45) is 3.28. The molecule has 1 heterocycles. The fourth-order valence-electron chi connectivity index (χ4n) is 1.51. The lowest BCUT2D eigenvalue weighted by molar-refractivity contribution is 0.0999. The van der Waals surface area contributed by atoms with Gasteiger partial charge in [-0.15, -0.1) is 11.8 Å². The van der Waals surface area contributed by atoms with Crippen LogP contribution in [0.4, 0.5) is 0 Å². The summed E-state index contributed by atoms with van der Waals surface area (Å²) in [5, 5.41) is 0.489. The van der Waals surface area contributed by atoms with Gasteiger partial charge < -0.3 is 10.7 Å². The number of thioether (sulfide) groups is 1. The number of H-pyrrole nitrogens is 1. The van der Waals surface area contributed by atoms with Gasteiger partial charge in [0.15, 0.2) is 0 Å². The van der Waals surface area contributed by atoms with Gasteiger partial charge in [-0.2, -0.15) is 0 Å². The van der Waals surface area contributed by atoms with Crippen LogP contribution in [0.5, 0.6) is 0 Å². The number of benzene rings is 1. The molecule has 82 valence electrons. The highest BCUT2D eigenvalue weighted by Gasteiger charge is 2.09. The summed E-state index contributed by atoms with van der Waals surface area (Å²) in [5.41, 5.74) is 5.48. The Morgan fingerprint density at radius 1 is 1.44 bits per heavy atom. The van der Waals surface area contributed by atoms with E-state index in [1.54, 1.807) is 6.07 Å². The number of aromatic nitrogens is 1. The highest BCUT2D eigenvalue weighted by Crippen LogP contribution is 2.18. The van der Waals surface area contributed by atoms with Crippen LogP contribution in [0.25, 0.3) is 10.9 Å². The Labute approximate surface area is 95.8 Å². The molecule has 0 spiro atoms.